The Labute approximate surface area is 122 Å². The monoisotopic (exact) mass is 342 g/mol. The zero-order valence-corrected chi connectivity index (χ0v) is 12.2. The van der Waals surface area contributed by atoms with Crippen molar-refractivity contribution < 1.29 is 9.66 Å². The van der Waals surface area contributed by atoms with Crippen molar-refractivity contribution in [2.75, 3.05) is 0 Å². The Morgan fingerprint density at radius 2 is 2.21 bits per heavy atom. The van der Waals surface area contributed by atoms with E-state index in [0.717, 1.165) is 14.9 Å². The molecule has 0 fully saturated rings. The van der Waals surface area contributed by atoms with E-state index in [-0.39, 0.29) is 11.4 Å². The predicted octanol–water partition coefficient (Wildman–Crippen LogP) is 3.46. The largest absolute Gasteiger partial charge is 0.481 e. The molecule has 0 unspecified atom stereocenters. The summed E-state index contributed by atoms with van der Waals surface area (Å²) in [6.45, 7) is 0.615. The molecular weight excluding hydrogens is 332 g/mol. The van der Waals surface area contributed by atoms with Gasteiger partial charge >= 0.3 is 5.69 Å². The third-order valence-electron chi connectivity index (χ3n) is 2.45. The number of hydrogen-bond donors (Lipinski definition) is 1. The van der Waals surface area contributed by atoms with Gasteiger partial charge in [0.1, 0.15) is 6.61 Å². The molecule has 0 aliphatic carbocycles. The highest BCUT2D eigenvalue weighted by Gasteiger charge is 2.15. The van der Waals surface area contributed by atoms with Crippen LogP contribution in [0.5, 0.6) is 5.75 Å². The summed E-state index contributed by atoms with van der Waals surface area (Å²) < 4.78 is 6.51. The fourth-order valence-electron chi connectivity index (χ4n) is 1.53. The molecule has 2 N–H and O–H groups in total. The van der Waals surface area contributed by atoms with Gasteiger partial charge < -0.3 is 10.5 Å². The van der Waals surface area contributed by atoms with Gasteiger partial charge in [0.15, 0.2) is 5.75 Å². The molecule has 0 saturated carbocycles. The second-order valence-corrected chi connectivity index (χ2v) is 5.69. The van der Waals surface area contributed by atoms with Crippen LogP contribution in [0.2, 0.25) is 0 Å². The van der Waals surface area contributed by atoms with Crippen molar-refractivity contribution in [3.8, 4) is 5.75 Å². The molecule has 1 aromatic carbocycles. The molecule has 0 radical (unpaired) electrons. The van der Waals surface area contributed by atoms with Crippen molar-refractivity contribution in [2.24, 2.45) is 5.73 Å². The number of nitro benzene ring substituents is 1. The van der Waals surface area contributed by atoms with E-state index in [0.29, 0.717) is 13.2 Å². The first kappa shape index (κ1) is 14.0. The van der Waals surface area contributed by atoms with E-state index < -0.39 is 4.92 Å². The number of halogens is 1. The molecule has 0 amide bonds. The molecule has 2 rings (SSSR count). The van der Waals surface area contributed by atoms with Crippen LogP contribution in [-0.2, 0) is 13.2 Å². The van der Waals surface area contributed by atoms with Crippen molar-refractivity contribution in [1.29, 1.82) is 0 Å². The number of rotatable bonds is 5. The Bertz CT molecular complexity index is 600. The average molecular weight is 343 g/mol. The number of benzene rings is 1. The molecule has 100 valence electrons. The van der Waals surface area contributed by atoms with Crippen molar-refractivity contribution in [3.63, 3.8) is 0 Å². The second-order valence-electron chi connectivity index (χ2n) is 3.78. The topological polar surface area (TPSA) is 78.4 Å². The quantitative estimate of drug-likeness (QED) is 0.666. The Kier molecular flexibility index (Phi) is 4.52. The average Bonchev–Trinajstić information content (AvgIpc) is 2.81. The van der Waals surface area contributed by atoms with Gasteiger partial charge in [0.2, 0.25) is 0 Å². The van der Waals surface area contributed by atoms with E-state index in [1.165, 1.54) is 17.4 Å². The summed E-state index contributed by atoms with van der Waals surface area (Å²) in [6, 6.07) is 6.58. The van der Waals surface area contributed by atoms with Crippen LogP contribution in [0, 0.1) is 10.1 Å². The zero-order valence-electron chi connectivity index (χ0n) is 9.84. The first-order chi connectivity index (χ1) is 9.10. The summed E-state index contributed by atoms with van der Waals surface area (Å²) >= 11 is 4.88. The Morgan fingerprint density at radius 3 is 2.79 bits per heavy atom. The standard InChI is InChI=1S/C12H11BrN2O3S/c13-9-4-10(19-7-9)6-18-12-3-8(5-14)1-2-11(12)15(16)17/h1-4,7H,5-6,14H2. The maximum absolute atomic E-state index is 10.9. The van der Waals surface area contributed by atoms with Gasteiger partial charge in [-0.2, -0.15) is 0 Å². The summed E-state index contributed by atoms with van der Waals surface area (Å²) in [5.41, 5.74) is 6.28. The van der Waals surface area contributed by atoms with Crippen LogP contribution in [0.25, 0.3) is 0 Å². The second kappa shape index (κ2) is 6.14. The van der Waals surface area contributed by atoms with Crippen molar-refractivity contribution in [1.82, 2.24) is 0 Å². The van der Waals surface area contributed by atoms with Gasteiger partial charge in [-0.05, 0) is 33.6 Å². The number of nitrogens with two attached hydrogens (primary N) is 1. The van der Waals surface area contributed by atoms with E-state index in [2.05, 4.69) is 15.9 Å². The van der Waals surface area contributed by atoms with Crippen LogP contribution in [0.15, 0.2) is 34.1 Å². The number of thiophene rings is 1. The van der Waals surface area contributed by atoms with Crippen molar-refractivity contribution in [2.45, 2.75) is 13.2 Å². The minimum absolute atomic E-state index is 0.0483. The van der Waals surface area contributed by atoms with Gasteiger partial charge in [-0.1, -0.05) is 6.07 Å². The molecule has 0 aliphatic heterocycles. The predicted molar refractivity (Wildman–Crippen MR) is 77.3 cm³/mol. The Balaban J connectivity index is 2.19. The number of nitrogens with zero attached hydrogens (tertiary/aromatic N) is 1. The van der Waals surface area contributed by atoms with Crippen LogP contribution < -0.4 is 10.5 Å². The van der Waals surface area contributed by atoms with Crippen LogP contribution >= 0.6 is 27.3 Å². The van der Waals surface area contributed by atoms with Crippen molar-refractivity contribution >= 4 is 33.0 Å². The zero-order chi connectivity index (χ0) is 13.8. The molecular formula is C12H11BrN2O3S. The van der Waals surface area contributed by atoms with E-state index in [9.17, 15) is 10.1 Å². The minimum atomic E-state index is -0.458. The lowest BCUT2D eigenvalue weighted by Crippen LogP contribution is -2.01. The molecule has 0 bridgehead atoms. The third-order valence-corrected chi connectivity index (χ3v) is 4.12. The fraction of sp³-hybridized carbons (Fsp3) is 0.167. The highest BCUT2D eigenvalue weighted by atomic mass is 79.9. The third kappa shape index (κ3) is 3.52. The molecule has 1 heterocycles. The molecule has 5 nitrogen and oxygen atoms in total. The molecule has 19 heavy (non-hydrogen) atoms. The maximum Gasteiger partial charge on any atom is 0.310 e. The first-order valence-electron chi connectivity index (χ1n) is 5.43. The Morgan fingerprint density at radius 1 is 1.42 bits per heavy atom. The van der Waals surface area contributed by atoms with Gasteiger partial charge in [0, 0.05) is 27.3 Å². The lowest BCUT2D eigenvalue weighted by atomic mass is 10.2. The highest BCUT2D eigenvalue weighted by molar-refractivity contribution is 9.10. The molecule has 0 aliphatic rings. The van der Waals surface area contributed by atoms with Gasteiger partial charge in [0.05, 0.1) is 4.92 Å². The smallest absolute Gasteiger partial charge is 0.310 e. The molecule has 1 aromatic heterocycles. The summed E-state index contributed by atoms with van der Waals surface area (Å²) in [5.74, 6) is 0.248. The summed E-state index contributed by atoms with van der Waals surface area (Å²) in [4.78, 5) is 11.5. The first-order valence-corrected chi connectivity index (χ1v) is 7.10. The highest BCUT2D eigenvalue weighted by Crippen LogP contribution is 2.29. The number of ether oxygens (including phenoxy) is 1. The Hall–Kier alpha value is -1.44. The number of hydrogen-bond acceptors (Lipinski definition) is 5. The van der Waals surface area contributed by atoms with Crippen LogP contribution in [0.4, 0.5) is 5.69 Å². The molecule has 7 heteroatoms. The lowest BCUT2D eigenvalue weighted by molar-refractivity contribution is -0.386. The maximum atomic E-state index is 10.9. The van der Waals surface area contributed by atoms with E-state index in [1.807, 2.05) is 11.4 Å². The molecule has 0 atom stereocenters. The van der Waals surface area contributed by atoms with Crippen LogP contribution in [0.1, 0.15) is 10.4 Å². The van der Waals surface area contributed by atoms with Crippen molar-refractivity contribution in [3.05, 3.63) is 54.7 Å². The summed E-state index contributed by atoms with van der Waals surface area (Å²) in [7, 11) is 0. The summed E-state index contributed by atoms with van der Waals surface area (Å²) in [5, 5.41) is 12.9. The summed E-state index contributed by atoms with van der Waals surface area (Å²) in [6.07, 6.45) is 0. The van der Waals surface area contributed by atoms with E-state index in [4.69, 9.17) is 10.5 Å². The van der Waals surface area contributed by atoms with E-state index >= 15 is 0 Å². The molecule has 0 saturated heterocycles. The lowest BCUT2D eigenvalue weighted by Gasteiger charge is -2.07. The van der Waals surface area contributed by atoms with Gasteiger partial charge in [-0.3, -0.25) is 10.1 Å². The van der Waals surface area contributed by atoms with Gasteiger partial charge in [-0.15, -0.1) is 11.3 Å². The molecule has 0 spiro atoms. The van der Waals surface area contributed by atoms with Crippen LogP contribution in [0.3, 0.4) is 0 Å². The van der Waals surface area contributed by atoms with Crippen LogP contribution in [-0.4, -0.2) is 4.92 Å². The normalized spacial score (nSPS) is 10.4. The fourth-order valence-corrected chi connectivity index (χ4v) is 2.89. The minimum Gasteiger partial charge on any atom is -0.481 e. The number of nitro groups is 1. The van der Waals surface area contributed by atoms with Gasteiger partial charge in [0.25, 0.3) is 0 Å². The SMILES string of the molecule is NCc1ccc([N+](=O)[O-])c(OCc2cc(Br)cs2)c1. The van der Waals surface area contributed by atoms with E-state index in [1.54, 1.807) is 12.1 Å². The van der Waals surface area contributed by atoms with Gasteiger partial charge in [-0.25, -0.2) is 0 Å². The molecule has 2 aromatic rings.